The number of ketones is 1. The van der Waals surface area contributed by atoms with E-state index in [-0.39, 0.29) is 11.2 Å². The molecule has 0 N–H and O–H groups in total. The Kier molecular flexibility index (Phi) is 4.39. The van der Waals surface area contributed by atoms with Crippen molar-refractivity contribution in [1.82, 2.24) is 9.97 Å². The van der Waals surface area contributed by atoms with Gasteiger partial charge in [0.15, 0.2) is 0 Å². The van der Waals surface area contributed by atoms with Crippen LogP contribution in [-0.4, -0.2) is 15.8 Å². The summed E-state index contributed by atoms with van der Waals surface area (Å²) in [6.07, 6.45) is 1.04. The van der Waals surface area contributed by atoms with Gasteiger partial charge in [-0.1, -0.05) is 20.8 Å². The number of thiazole rings is 2. The van der Waals surface area contributed by atoms with Gasteiger partial charge in [-0.2, -0.15) is 0 Å². The largest absolute Gasteiger partial charge is 0.299 e. The van der Waals surface area contributed by atoms with Crippen LogP contribution in [0.25, 0.3) is 10.6 Å². The molecular formula is C15H20N2OS2. The highest BCUT2D eigenvalue weighted by molar-refractivity contribution is 7.16. The molecule has 0 unspecified atom stereocenters. The number of rotatable bonds is 4. The van der Waals surface area contributed by atoms with Crippen LogP contribution in [0, 0.1) is 19.3 Å². The Morgan fingerprint density at radius 2 is 1.95 bits per heavy atom. The first-order valence-electron chi connectivity index (χ1n) is 6.65. The van der Waals surface area contributed by atoms with Crippen LogP contribution in [0.1, 0.15) is 42.9 Å². The molecule has 0 amide bonds. The number of carbonyl (C=O) groups excluding carboxylic acids is 1. The molecule has 0 aromatic carbocycles. The summed E-state index contributed by atoms with van der Waals surface area (Å²) in [5, 5.41) is 3.98. The second-order valence-corrected chi connectivity index (χ2v) is 8.37. The van der Waals surface area contributed by atoms with E-state index in [9.17, 15) is 4.79 Å². The Hall–Kier alpha value is -1.07. The van der Waals surface area contributed by atoms with Gasteiger partial charge in [0.05, 0.1) is 27.7 Å². The zero-order valence-corrected chi connectivity index (χ0v) is 14.2. The summed E-state index contributed by atoms with van der Waals surface area (Å²) in [6.45, 7) is 10.3. The monoisotopic (exact) mass is 308 g/mol. The molecule has 0 saturated heterocycles. The SMILES string of the molecule is Cc1nc(C)c(-c2csc(CC(=O)CC(C)(C)C)n2)s1. The molecule has 0 spiro atoms. The molecule has 2 aromatic heterocycles. The molecule has 0 bridgehead atoms. The number of nitrogens with zero attached hydrogens (tertiary/aromatic N) is 2. The van der Waals surface area contributed by atoms with E-state index < -0.39 is 0 Å². The summed E-state index contributed by atoms with van der Waals surface area (Å²) in [6, 6.07) is 0. The van der Waals surface area contributed by atoms with Gasteiger partial charge in [0.25, 0.3) is 0 Å². The summed E-state index contributed by atoms with van der Waals surface area (Å²) >= 11 is 3.22. The standard InChI is InChI=1S/C15H20N2OS2/c1-9-14(20-10(2)16-9)12-8-19-13(17-12)6-11(18)7-15(3,4)5/h8H,6-7H2,1-5H3. The fraction of sp³-hybridized carbons (Fsp3) is 0.533. The summed E-state index contributed by atoms with van der Waals surface area (Å²) < 4.78 is 0. The van der Waals surface area contributed by atoms with Gasteiger partial charge in [-0.15, -0.1) is 22.7 Å². The molecule has 0 saturated carbocycles. The van der Waals surface area contributed by atoms with Crippen molar-refractivity contribution >= 4 is 28.5 Å². The normalized spacial score (nSPS) is 11.8. The zero-order valence-electron chi connectivity index (χ0n) is 12.6. The lowest BCUT2D eigenvalue weighted by atomic mass is 9.89. The minimum absolute atomic E-state index is 0.0442. The van der Waals surface area contributed by atoms with Crippen molar-refractivity contribution < 1.29 is 4.79 Å². The summed E-state index contributed by atoms with van der Waals surface area (Å²) in [4.78, 5) is 22.1. The molecule has 20 heavy (non-hydrogen) atoms. The lowest BCUT2D eigenvalue weighted by Gasteiger charge is -2.15. The van der Waals surface area contributed by atoms with Gasteiger partial charge in [-0.25, -0.2) is 9.97 Å². The fourth-order valence-corrected chi connectivity index (χ4v) is 3.86. The van der Waals surface area contributed by atoms with Gasteiger partial charge >= 0.3 is 0 Å². The van der Waals surface area contributed by atoms with Gasteiger partial charge in [0.1, 0.15) is 10.8 Å². The van der Waals surface area contributed by atoms with Gasteiger partial charge < -0.3 is 0 Å². The smallest absolute Gasteiger partial charge is 0.140 e. The second kappa shape index (κ2) is 5.74. The first kappa shape index (κ1) is 15.3. The summed E-state index contributed by atoms with van der Waals surface area (Å²) in [5.41, 5.74) is 2.02. The molecular weight excluding hydrogens is 288 g/mol. The maximum Gasteiger partial charge on any atom is 0.140 e. The average Bonchev–Trinajstić information content (AvgIpc) is 2.82. The van der Waals surface area contributed by atoms with Crippen LogP contribution < -0.4 is 0 Å². The molecule has 2 heterocycles. The van der Waals surface area contributed by atoms with Crippen LogP contribution in [0.3, 0.4) is 0 Å². The molecule has 0 fully saturated rings. The van der Waals surface area contributed by atoms with Crippen LogP contribution in [-0.2, 0) is 11.2 Å². The summed E-state index contributed by atoms with van der Waals surface area (Å²) in [5.74, 6) is 0.260. The maximum atomic E-state index is 12.0. The minimum Gasteiger partial charge on any atom is -0.299 e. The Balaban J connectivity index is 2.10. The topological polar surface area (TPSA) is 42.9 Å². The van der Waals surface area contributed by atoms with E-state index in [0.717, 1.165) is 26.3 Å². The lowest BCUT2D eigenvalue weighted by Crippen LogP contribution is -2.14. The minimum atomic E-state index is 0.0442. The molecule has 0 radical (unpaired) electrons. The Bertz CT molecular complexity index is 620. The summed E-state index contributed by atoms with van der Waals surface area (Å²) in [7, 11) is 0. The average molecular weight is 308 g/mol. The van der Waals surface area contributed by atoms with Crippen LogP contribution >= 0.6 is 22.7 Å². The van der Waals surface area contributed by atoms with Crippen LogP contribution in [0.5, 0.6) is 0 Å². The Morgan fingerprint density at radius 3 is 2.50 bits per heavy atom. The fourth-order valence-electron chi connectivity index (χ4n) is 2.09. The highest BCUT2D eigenvalue weighted by Crippen LogP contribution is 2.31. The molecule has 3 nitrogen and oxygen atoms in total. The zero-order chi connectivity index (χ0) is 14.9. The van der Waals surface area contributed by atoms with Crippen molar-refractivity contribution in [1.29, 1.82) is 0 Å². The van der Waals surface area contributed by atoms with Crippen molar-refractivity contribution in [2.75, 3.05) is 0 Å². The highest BCUT2D eigenvalue weighted by Gasteiger charge is 2.18. The van der Waals surface area contributed by atoms with Gasteiger partial charge in [0.2, 0.25) is 0 Å². The van der Waals surface area contributed by atoms with E-state index in [1.807, 2.05) is 19.2 Å². The van der Waals surface area contributed by atoms with Crippen molar-refractivity contribution in [3.05, 3.63) is 21.1 Å². The van der Waals surface area contributed by atoms with Gasteiger partial charge in [0, 0.05) is 11.8 Å². The predicted molar refractivity (Wildman–Crippen MR) is 85.5 cm³/mol. The molecule has 0 aliphatic heterocycles. The third-order valence-electron chi connectivity index (χ3n) is 2.76. The van der Waals surface area contributed by atoms with Crippen LogP contribution in [0.15, 0.2) is 5.38 Å². The van der Waals surface area contributed by atoms with E-state index in [0.29, 0.717) is 12.8 Å². The van der Waals surface area contributed by atoms with Crippen molar-refractivity contribution in [3.8, 4) is 10.6 Å². The number of Topliss-reactive ketones (excluding diaryl/α,β-unsaturated/α-hetero) is 1. The molecule has 108 valence electrons. The van der Waals surface area contributed by atoms with Crippen molar-refractivity contribution in [3.63, 3.8) is 0 Å². The van der Waals surface area contributed by atoms with Crippen molar-refractivity contribution in [2.45, 2.75) is 47.5 Å². The number of aryl methyl sites for hydroxylation is 2. The third-order valence-corrected chi connectivity index (χ3v) is 4.71. The molecule has 0 aliphatic rings. The van der Waals surface area contributed by atoms with E-state index in [1.165, 1.54) is 0 Å². The number of hydrogen-bond acceptors (Lipinski definition) is 5. The third kappa shape index (κ3) is 3.96. The first-order chi connectivity index (χ1) is 9.24. The Labute approximate surface area is 128 Å². The predicted octanol–water partition coefficient (Wildman–Crippen LogP) is 4.43. The molecule has 2 rings (SSSR count). The lowest BCUT2D eigenvalue weighted by molar-refractivity contribution is -0.120. The van der Waals surface area contributed by atoms with E-state index in [4.69, 9.17) is 0 Å². The van der Waals surface area contributed by atoms with E-state index in [1.54, 1.807) is 22.7 Å². The van der Waals surface area contributed by atoms with E-state index >= 15 is 0 Å². The van der Waals surface area contributed by atoms with Gasteiger partial charge in [-0.05, 0) is 19.3 Å². The number of aromatic nitrogens is 2. The molecule has 5 heteroatoms. The number of hydrogen-bond donors (Lipinski definition) is 0. The van der Waals surface area contributed by atoms with Crippen LogP contribution in [0.2, 0.25) is 0 Å². The molecule has 0 atom stereocenters. The first-order valence-corrected chi connectivity index (χ1v) is 8.35. The van der Waals surface area contributed by atoms with E-state index in [2.05, 4.69) is 30.7 Å². The van der Waals surface area contributed by atoms with Crippen LogP contribution in [0.4, 0.5) is 0 Å². The highest BCUT2D eigenvalue weighted by atomic mass is 32.1. The molecule has 0 aliphatic carbocycles. The second-order valence-electron chi connectivity index (χ2n) is 6.23. The molecule has 2 aromatic rings. The van der Waals surface area contributed by atoms with Crippen molar-refractivity contribution in [2.24, 2.45) is 5.41 Å². The Morgan fingerprint density at radius 1 is 1.25 bits per heavy atom. The quantitative estimate of drug-likeness (QED) is 0.839. The van der Waals surface area contributed by atoms with Gasteiger partial charge in [-0.3, -0.25) is 4.79 Å². The maximum absolute atomic E-state index is 12.0. The number of carbonyl (C=O) groups is 1.